The topological polar surface area (TPSA) is 35.6 Å². The highest BCUT2D eigenvalue weighted by atomic mass is 16.2. The van der Waals surface area contributed by atoms with Crippen molar-refractivity contribution in [3.05, 3.63) is 65.2 Å². The van der Waals surface area contributed by atoms with Gasteiger partial charge in [0.1, 0.15) is 0 Å². The number of piperazine rings is 1. The van der Waals surface area contributed by atoms with E-state index >= 15 is 0 Å². The van der Waals surface area contributed by atoms with Gasteiger partial charge in [0.15, 0.2) is 0 Å². The van der Waals surface area contributed by atoms with Crippen LogP contribution < -0.4 is 5.32 Å². The average Bonchev–Trinajstić information content (AvgIpc) is 2.66. The molecule has 1 fully saturated rings. The molecule has 0 unspecified atom stereocenters. The molecule has 138 valence electrons. The van der Waals surface area contributed by atoms with Crippen molar-refractivity contribution in [2.75, 3.05) is 38.0 Å². The molecular weight excluding hydrogens is 322 g/mol. The molecule has 0 aliphatic carbocycles. The van der Waals surface area contributed by atoms with Gasteiger partial charge in [0.2, 0.25) is 5.91 Å². The zero-order chi connectivity index (χ0) is 18.4. The van der Waals surface area contributed by atoms with Crippen LogP contribution in [0.3, 0.4) is 0 Å². The summed E-state index contributed by atoms with van der Waals surface area (Å²) < 4.78 is 0. The summed E-state index contributed by atoms with van der Waals surface area (Å²) in [6.07, 6.45) is 0.547. The Hall–Kier alpha value is -2.33. The quantitative estimate of drug-likeness (QED) is 0.866. The van der Waals surface area contributed by atoms with E-state index in [2.05, 4.69) is 66.5 Å². The van der Waals surface area contributed by atoms with Gasteiger partial charge in [0.05, 0.1) is 0 Å². The normalized spacial score (nSPS) is 15.1. The largest absolute Gasteiger partial charge is 0.385 e. The van der Waals surface area contributed by atoms with E-state index in [1.54, 1.807) is 0 Å². The fourth-order valence-electron chi connectivity index (χ4n) is 3.32. The van der Waals surface area contributed by atoms with Crippen LogP contribution in [0.1, 0.15) is 23.1 Å². The van der Waals surface area contributed by atoms with Crippen LogP contribution in [-0.4, -0.2) is 48.4 Å². The molecule has 0 saturated carbocycles. The van der Waals surface area contributed by atoms with Gasteiger partial charge in [0.25, 0.3) is 0 Å². The van der Waals surface area contributed by atoms with Crippen molar-refractivity contribution in [3.63, 3.8) is 0 Å². The van der Waals surface area contributed by atoms with Crippen molar-refractivity contribution in [1.82, 2.24) is 9.80 Å². The molecule has 2 aromatic rings. The van der Waals surface area contributed by atoms with Crippen LogP contribution in [0, 0.1) is 13.8 Å². The molecule has 1 amide bonds. The molecular formula is C22H29N3O. The predicted octanol–water partition coefficient (Wildman–Crippen LogP) is 3.45. The Kier molecular flexibility index (Phi) is 6.29. The number of nitrogens with zero attached hydrogens (tertiary/aromatic N) is 2. The molecule has 1 saturated heterocycles. The molecule has 1 N–H and O–H groups in total. The molecule has 1 heterocycles. The number of carbonyl (C=O) groups is 1. The molecule has 4 nitrogen and oxygen atoms in total. The standard InChI is InChI=1S/C22H29N3O/c1-18-8-9-21(16-19(18)2)23-11-10-22(26)25-14-12-24(13-15-25)17-20-6-4-3-5-7-20/h3-9,16,23H,10-15,17H2,1-2H3. The first-order valence-corrected chi connectivity index (χ1v) is 9.47. The van der Waals surface area contributed by atoms with Gasteiger partial charge in [-0.1, -0.05) is 36.4 Å². The molecule has 3 rings (SSSR count). The fourth-order valence-corrected chi connectivity index (χ4v) is 3.32. The second kappa shape index (κ2) is 8.86. The first-order chi connectivity index (χ1) is 12.6. The van der Waals surface area contributed by atoms with Crippen molar-refractivity contribution in [2.24, 2.45) is 0 Å². The number of hydrogen-bond donors (Lipinski definition) is 1. The van der Waals surface area contributed by atoms with Gasteiger partial charge in [-0.2, -0.15) is 0 Å². The Morgan fingerprint density at radius 3 is 2.38 bits per heavy atom. The Morgan fingerprint density at radius 2 is 1.69 bits per heavy atom. The maximum absolute atomic E-state index is 12.4. The van der Waals surface area contributed by atoms with Gasteiger partial charge in [-0.15, -0.1) is 0 Å². The number of aryl methyl sites for hydroxylation is 2. The molecule has 0 bridgehead atoms. The lowest BCUT2D eigenvalue weighted by atomic mass is 10.1. The number of amides is 1. The number of benzene rings is 2. The van der Waals surface area contributed by atoms with E-state index in [0.29, 0.717) is 13.0 Å². The highest BCUT2D eigenvalue weighted by Crippen LogP contribution is 2.14. The number of hydrogen-bond acceptors (Lipinski definition) is 3. The Balaban J connectivity index is 1.38. The molecule has 2 aromatic carbocycles. The zero-order valence-electron chi connectivity index (χ0n) is 15.9. The van der Waals surface area contributed by atoms with E-state index in [1.165, 1.54) is 16.7 Å². The number of anilines is 1. The lowest BCUT2D eigenvalue weighted by molar-refractivity contribution is -0.132. The lowest BCUT2D eigenvalue weighted by Crippen LogP contribution is -2.48. The molecule has 0 aromatic heterocycles. The maximum Gasteiger partial charge on any atom is 0.224 e. The van der Waals surface area contributed by atoms with Gasteiger partial charge < -0.3 is 10.2 Å². The lowest BCUT2D eigenvalue weighted by Gasteiger charge is -2.34. The van der Waals surface area contributed by atoms with Crippen molar-refractivity contribution in [2.45, 2.75) is 26.8 Å². The molecule has 1 aliphatic rings. The molecule has 26 heavy (non-hydrogen) atoms. The van der Waals surface area contributed by atoms with E-state index in [0.717, 1.165) is 38.4 Å². The Labute approximate surface area is 156 Å². The van der Waals surface area contributed by atoms with Gasteiger partial charge in [-0.25, -0.2) is 0 Å². The Bertz CT molecular complexity index is 721. The van der Waals surface area contributed by atoms with Crippen LogP contribution in [0.15, 0.2) is 48.5 Å². The van der Waals surface area contributed by atoms with Crippen molar-refractivity contribution >= 4 is 11.6 Å². The summed E-state index contributed by atoms with van der Waals surface area (Å²) in [4.78, 5) is 16.9. The first kappa shape index (κ1) is 18.5. The van der Waals surface area contributed by atoms with E-state index in [-0.39, 0.29) is 5.91 Å². The van der Waals surface area contributed by atoms with Crippen molar-refractivity contribution < 1.29 is 4.79 Å². The summed E-state index contributed by atoms with van der Waals surface area (Å²) in [6, 6.07) is 16.9. The van der Waals surface area contributed by atoms with Gasteiger partial charge >= 0.3 is 0 Å². The van der Waals surface area contributed by atoms with Crippen LogP contribution in [0.4, 0.5) is 5.69 Å². The maximum atomic E-state index is 12.4. The van der Waals surface area contributed by atoms with Crippen LogP contribution in [0.2, 0.25) is 0 Å². The van der Waals surface area contributed by atoms with Crippen LogP contribution >= 0.6 is 0 Å². The predicted molar refractivity (Wildman–Crippen MR) is 107 cm³/mol. The van der Waals surface area contributed by atoms with E-state index in [4.69, 9.17) is 0 Å². The second-order valence-corrected chi connectivity index (χ2v) is 7.12. The summed E-state index contributed by atoms with van der Waals surface area (Å²) in [5.74, 6) is 0.251. The molecule has 0 atom stereocenters. The third kappa shape index (κ3) is 5.09. The smallest absolute Gasteiger partial charge is 0.224 e. The highest BCUT2D eigenvalue weighted by Gasteiger charge is 2.20. The van der Waals surface area contributed by atoms with Crippen molar-refractivity contribution in [1.29, 1.82) is 0 Å². The van der Waals surface area contributed by atoms with Crippen molar-refractivity contribution in [3.8, 4) is 0 Å². The second-order valence-electron chi connectivity index (χ2n) is 7.12. The fraction of sp³-hybridized carbons (Fsp3) is 0.409. The SMILES string of the molecule is Cc1ccc(NCCC(=O)N2CCN(Cc3ccccc3)CC2)cc1C. The summed E-state index contributed by atoms with van der Waals surface area (Å²) in [5, 5.41) is 3.37. The number of nitrogens with one attached hydrogen (secondary N) is 1. The monoisotopic (exact) mass is 351 g/mol. The average molecular weight is 351 g/mol. The summed E-state index contributed by atoms with van der Waals surface area (Å²) >= 11 is 0. The number of carbonyl (C=O) groups excluding carboxylic acids is 1. The van der Waals surface area contributed by atoms with Crippen LogP contribution in [0.25, 0.3) is 0 Å². The third-order valence-electron chi connectivity index (χ3n) is 5.15. The van der Waals surface area contributed by atoms with Gasteiger partial charge in [0, 0.05) is 51.4 Å². The first-order valence-electron chi connectivity index (χ1n) is 9.47. The Morgan fingerprint density at radius 1 is 0.962 bits per heavy atom. The van der Waals surface area contributed by atoms with E-state index < -0.39 is 0 Å². The molecule has 0 spiro atoms. The molecule has 4 heteroatoms. The number of rotatable bonds is 6. The molecule has 1 aliphatic heterocycles. The molecule has 0 radical (unpaired) electrons. The minimum atomic E-state index is 0.251. The van der Waals surface area contributed by atoms with E-state index in [1.807, 2.05) is 11.0 Å². The van der Waals surface area contributed by atoms with Gasteiger partial charge in [-0.3, -0.25) is 9.69 Å². The summed E-state index contributed by atoms with van der Waals surface area (Å²) in [7, 11) is 0. The minimum absolute atomic E-state index is 0.251. The third-order valence-corrected chi connectivity index (χ3v) is 5.15. The van der Waals surface area contributed by atoms with Gasteiger partial charge in [-0.05, 0) is 42.7 Å². The highest BCUT2D eigenvalue weighted by molar-refractivity contribution is 5.76. The zero-order valence-corrected chi connectivity index (χ0v) is 15.9. The summed E-state index contributed by atoms with van der Waals surface area (Å²) in [5.41, 5.74) is 4.99. The van der Waals surface area contributed by atoms with Crippen LogP contribution in [-0.2, 0) is 11.3 Å². The minimum Gasteiger partial charge on any atom is -0.385 e. The summed E-state index contributed by atoms with van der Waals surface area (Å²) in [6.45, 7) is 9.44. The van der Waals surface area contributed by atoms with Crippen LogP contribution in [0.5, 0.6) is 0 Å². The van der Waals surface area contributed by atoms with E-state index in [9.17, 15) is 4.79 Å².